The second-order valence-electron chi connectivity index (χ2n) is 6.96. The smallest absolute Gasteiger partial charge is 0.148 e. The molecule has 0 saturated carbocycles. The average Bonchev–Trinajstić information content (AvgIpc) is 3.19. The second-order valence-corrected chi connectivity index (χ2v) is 6.96. The summed E-state index contributed by atoms with van der Waals surface area (Å²) >= 11 is 0. The van der Waals surface area contributed by atoms with Gasteiger partial charge in [0.1, 0.15) is 17.3 Å². The maximum atomic E-state index is 14.3. The van der Waals surface area contributed by atoms with E-state index in [0.717, 1.165) is 35.9 Å². The minimum atomic E-state index is -0.278. The number of aromatic nitrogens is 4. The Morgan fingerprint density at radius 3 is 2.81 bits per heavy atom. The molecule has 1 aliphatic heterocycles. The van der Waals surface area contributed by atoms with E-state index >= 15 is 0 Å². The largest absolute Gasteiger partial charge is 0.378 e. The van der Waals surface area contributed by atoms with Crippen molar-refractivity contribution >= 4 is 0 Å². The third-order valence-corrected chi connectivity index (χ3v) is 5.27. The molecule has 6 nitrogen and oxygen atoms in total. The van der Waals surface area contributed by atoms with Crippen LogP contribution in [0.2, 0.25) is 0 Å². The van der Waals surface area contributed by atoms with E-state index in [1.165, 1.54) is 6.07 Å². The van der Waals surface area contributed by atoms with E-state index in [2.05, 4.69) is 15.0 Å². The van der Waals surface area contributed by atoms with Gasteiger partial charge in [-0.3, -0.25) is 4.90 Å². The molecule has 1 aromatic carbocycles. The summed E-state index contributed by atoms with van der Waals surface area (Å²) in [6.07, 6.45) is 3.77. The summed E-state index contributed by atoms with van der Waals surface area (Å²) < 4.78 is 23.8. The first-order valence-corrected chi connectivity index (χ1v) is 9.15. The molecule has 0 N–H and O–H groups in total. The van der Waals surface area contributed by atoms with Gasteiger partial charge in [0.15, 0.2) is 0 Å². The van der Waals surface area contributed by atoms with Crippen molar-refractivity contribution in [3.05, 3.63) is 65.3 Å². The molecular formula is C20H24FN5O. The Morgan fingerprint density at radius 2 is 2.07 bits per heavy atom. The van der Waals surface area contributed by atoms with E-state index in [-0.39, 0.29) is 11.9 Å². The number of rotatable bonds is 4. The Hall–Kier alpha value is -2.51. The number of aryl methyl sites for hydroxylation is 2. The number of morpholine rings is 1. The van der Waals surface area contributed by atoms with E-state index < -0.39 is 0 Å². The number of ether oxygens (including phenoxy) is 1. The lowest BCUT2D eigenvalue weighted by molar-refractivity contribution is -0.0146. The van der Waals surface area contributed by atoms with Crippen LogP contribution in [0.4, 0.5) is 4.39 Å². The first kappa shape index (κ1) is 17.9. The van der Waals surface area contributed by atoms with Gasteiger partial charge in [-0.1, -0.05) is 12.1 Å². The maximum absolute atomic E-state index is 14.3. The molecule has 1 fully saturated rings. The van der Waals surface area contributed by atoms with Gasteiger partial charge < -0.3 is 9.30 Å². The van der Waals surface area contributed by atoms with Crippen LogP contribution in [0.3, 0.4) is 0 Å². The van der Waals surface area contributed by atoms with Crippen LogP contribution in [0.15, 0.2) is 36.7 Å². The Bertz CT molecular complexity index is 948. The zero-order valence-electron chi connectivity index (χ0n) is 15.9. The summed E-state index contributed by atoms with van der Waals surface area (Å²) in [4.78, 5) is 6.83. The average molecular weight is 369 g/mol. The minimum absolute atomic E-state index is 0.0657. The van der Waals surface area contributed by atoms with Crippen molar-refractivity contribution in [1.29, 1.82) is 0 Å². The van der Waals surface area contributed by atoms with E-state index in [1.807, 2.05) is 43.9 Å². The Labute approximate surface area is 158 Å². The van der Waals surface area contributed by atoms with Gasteiger partial charge in [0.2, 0.25) is 0 Å². The number of halogens is 1. The molecular weight excluding hydrogens is 345 g/mol. The van der Waals surface area contributed by atoms with Crippen LogP contribution >= 0.6 is 0 Å². The third-order valence-electron chi connectivity index (χ3n) is 5.27. The normalized spacial score (nSPS) is 18.1. The summed E-state index contributed by atoms with van der Waals surface area (Å²) in [5, 5.41) is 4.64. The number of para-hydroxylation sites is 1. The van der Waals surface area contributed by atoms with Crippen LogP contribution in [-0.4, -0.2) is 44.0 Å². The molecule has 1 aliphatic rings. The van der Waals surface area contributed by atoms with Gasteiger partial charge in [0.05, 0.1) is 31.5 Å². The van der Waals surface area contributed by atoms with Gasteiger partial charge >= 0.3 is 0 Å². The van der Waals surface area contributed by atoms with Crippen LogP contribution in [-0.2, 0) is 18.3 Å². The minimum Gasteiger partial charge on any atom is -0.378 e. The lowest BCUT2D eigenvalue weighted by Crippen LogP contribution is -2.40. The highest BCUT2D eigenvalue weighted by Gasteiger charge is 2.31. The van der Waals surface area contributed by atoms with Crippen molar-refractivity contribution in [1.82, 2.24) is 24.2 Å². The number of hydrogen-bond acceptors (Lipinski definition) is 4. The molecule has 0 unspecified atom stereocenters. The lowest BCUT2D eigenvalue weighted by Gasteiger charge is -2.35. The number of benzene rings is 1. The van der Waals surface area contributed by atoms with Crippen molar-refractivity contribution in [2.45, 2.75) is 26.4 Å². The molecule has 1 atom stereocenters. The van der Waals surface area contributed by atoms with Crippen LogP contribution in [0.25, 0.3) is 5.69 Å². The summed E-state index contributed by atoms with van der Waals surface area (Å²) in [7, 11) is 2.00. The highest BCUT2D eigenvalue weighted by atomic mass is 19.1. The molecule has 2 aromatic heterocycles. The monoisotopic (exact) mass is 369 g/mol. The quantitative estimate of drug-likeness (QED) is 0.710. The molecule has 0 amide bonds. The Morgan fingerprint density at radius 1 is 1.26 bits per heavy atom. The van der Waals surface area contributed by atoms with E-state index in [9.17, 15) is 4.39 Å². The number of nitrogens with zero attached hydrogens (tertiary/aromatic N) is 5. The third kappa shape index (κ3) is 3.28. The SMILES string of the molecule is Cc1nn(-c2ccccc2F)c(C)c1[C@H]1COCCN1Cc1nccn1C. The highest BCUT2D eigenvalue weighted by molar-refractivity contribution is 5.39. The van der Waals surface area contributed by atoms with Crippen LogP contribution in [0.5, 0.6) is 0 Å². The van der Waals surface area contributed by atoms with E-state index in [0.29, 0.717) is 18.9 Å². The second kappa shape index (κ2) is 7.25. The molecule has 0 aliphatic carbocycles. The molecule has 0 bridgehead atoms. The van der Waals surface area contributed by atoms with Crippen molar-refractivity contribution in [3.63, 3.8) is 0 Å². The topological polar surface area (TPSA) is 48.1 Å². The molecule has 3 aromatic rings. The fraction of sp³-hybridized carbons (Fsp3) is 0.400. The fourth-order valence-corrected chi connectivity index (χ4v) is 3.82. The standard InChI is InChI=1S/C20H24FN5O/c1-14-20(15(2)26(23-14)17-7-5-4-6-16(17)21)18-13-27-11-10-25(18)12-19-22-8-9-24(19)3/h4-9,18H,10-13H2,1-3H3/t18-/m1/s1. The van der Waals surface area contributed by atoms with Gasteiger partial charge in [-0.15, -0.1) is 0 Å². The molecule has 3 heterocycles. The first-order valence-electron chi connectivity index (χ1n) is 9.15. The fourth-order valence-electron chi connectivity index (χ4n) is 3.82. The van der Waals surface area contributed by atoms with Gasteiger partial charge in [0, 0.05) is 37.2 Å². The molecule has 1 saturated heterocycles. The predicted molar refractivity (Wildman–Crippen MR) is 100 cm³/mol. The first-order chi connectivity index (χ1) is 13.1. The van der Waals surface area contributed by atoms with Gasteiger partial charge in [0.25, 0.3) is 0 Å². The van der Waals surface area contributed by atoms with Gasteiger partial charge in [-0.25, -0.2) is 14.1 Å². The zero-order valence-corrected chi connectivity index (χ0v) is 15.9. The van der Waals surface area contributed by atoms with E-state index in [4.69, 9.17) is 4.74 Å². The van der Waals surface area contributed by atoms with Crippen molar-refractivity contribution in [2.24, 2.45) is 7.05 Å². The van der Waals surface area contributed by atoms with Crippen LogP contribution in [0, 0.1) is 19.7 Å². The van der Waals surface area contributed by atoms with Crippen molar-refractivity contribution in [2.75, 3.05) is 19.8 Å². The molecule has 0 radical (unpaired) electrons. The zero-order chi connectivity index (χ0) is 19.0. The lowest BCUT2D eigenvalue weighted by atomic mass is 10.0. The van der Waals surface area contributed by atoms with Crippen LogP contribution in [0.1, 0.15) is 28.8 Å². The van der Waals surface area contributed by atoms with Crippen molar-refractivity contribution in [3.8, 4) is 5.69 Å². The molecule has 27 heavy (non-hydrogen) atoms. The maximum Gasteiger partial charge on any atom is 0.148 e. The van der Waals surface area contributed by atoms with Gasteiger partial charge in [-0.05, 0) is 26.0 Å². The molecule has 0 spiro atoms. The molecule has 7 heteroatoms. The summed E-state index contributed by atoms with van der Waals surface area (Å²) in [6, 6.07) is 6.79. The number of hydrogen-bond donors (Lipinski definition) is 0. The Balaban J connectivity index is 1.71. The highest BCUT2D eigenvalue weighted by Crippen LogP contribution is 2.32. The summed E-state index contributed by atoms with van der Waals surface area (Å²) in [5.74, 6) is 0.734. The predicted octanol–water partition coefficient (Wildman–Crippen LogP) is 2.94. The number of imidazole rings is 1. The summed E-state index contributed by atoms with van der Waals surface area (Å²) in [6.45, 7) is 6.82. The molecule has 142 valence electrons. The van der Waals surface area contributed by atoms with Gasteiger partial charge in [-0.2, -0.15) is 5.10 Å². The van der Waals surface area contributed by atoms with Crippen molar-refractivity contribution < 1.29 is 9.13 Å². The Kier molecular flexibility index (Phi) is 4.80. The summed E-state index contributed by atoms with van der Waals surface area (Å²) in [5.41, 5.74) is 3.41. The van der Waals surface area contributed by atoms with Crippen LogP contribution < -0.4 is 0 Å². The molecule has 4 rings (SSSR count). The van der Waals surface area contributed by atoms with E-state index in [1.54, 1.807) is 16.8 Å².